The number of fused-ring (bicyclic) bond motifs is 1. The first-order valence-electron chi connectivity index (χ1n) is 9.40. The SMILES string of the molecule is CCOc1ccccc1OCCC(=O)Nc1ccc(-c2cn3ccsc3n2)cc1. The molecule has 0 spiro atoms. The zero-order valence-electron chi connectivity index (χ0n) is 16.0. The van der Waals surface area contributed by atoms with Gasteiger partial charge in [0.05, 0.1) is 25.3 Å². The summed E-state index contributed by atoms with van der Waals surface area (Å²) >= 11 is 1.60. The summed E-state index contributed by atoms with van der Waals surface area (Å²) in [5, 5.41) is 4.90. The van der Waals surface area contributed by atoms with E-state index in [0.29, 0.717) is 18.1 Å². The van der Waals surface area contributed by atoms with Gasteiger partial charge in [-0.2, -0.15) is 0 Å². The lowest BCUT2D eigenvalue weighted by atomic mass is 10.1. The van der Waals surface area contributed by atoms with Crippen molar-refractivity contribution in [2.45, 2.75) is 13.3 Å². The van der Waals surface area contributed by atoms with E-state index in [1.165, 1.54) is 0 Å². The zero-order valence-corrected chi connectivity index (χ0v) is 16.8. The Morgan fingerprint density at radius 2 is 1.86 bits per heavy atom. The molecule has 0 radical (unpaired) electrons. The lowest BCUT2D eigenvalue weighted by molar-refractivity contribution is -0.116. The van der Waals surface area contributed by atoms with E-state index in [1.54, 1.807) is 11.3 Å². The van der Waals surface area contributed by atoms with Gasteiger partial charge < -0.3 is 14.8 Å². The number of amides is 1. The summed E-state index contributed by atoms with van der Waals surface area (Å²) in [6, 6.07) is 15.1. The van der Waals surface area contributed by atoms with Gasteiger partial charge >= 0.3 is 0 Å². The van der Waals surface area contributed by atoms with Crippen molar-refractivity contribution in [3.63, 3.8) is 0 Å². The van der Waals surface area contributed by atoms with Gasteiger partial charge in [-0.25, -0.2) is 4.98 Å². The molecule has 1 N–H and O–H groups in total. The second kappa shape index (κ2) is 8.79. The maximum absolute atomic E-state index is 12.2. The molecule has 0 saturated carbocycles. The van der Waals surface area contributed by atoms with E-state index in [0.717, 1.165) is 21.9 Å². The molecule has 0 aliphatic carbocycles. The molecule has 0 aliphatic rings. The van der Waals surface area contributed by atoms with Crippen LogP contribution in [0.25, 0.3) is 16.2 Å². The van der Waals surface area contributed by atoms with Crippen LogP contribution >= 0.6 is 11.3 Å². The standard InChI is InChI=1S/C22H21N3O3S/c1-2-27-19-5-3-4-6-20(19)28-13-11-21(26)23-17-9-7-16(8-10-17)18-15-25-12-14-29-22(25)24-18/h3-10,12,14-15H,2,11,13H2,1H3,(H,23,26). The molecule has 0 saturated heterocycles. The van der Waals surface area contributed by atoms with Crippen molar-refractivity contribution in [3.8, 4) is 22.8 Å². The molecule has 0 fully saturated rings. The smallest absolute Gasteiger partial charge is 0.227 e. The number of ether oxygens (including phenoxy) is 2. The first-order valence-corrected chi connectivity index (χ1v) is 10.3. The third-order valence-corrected chi connectivity index (χ3v) is 5.06. The van der Waals surface area contributed by atoms with E-state index in [-0.39, 0.29) is 18.9 Å². The number of imidazole rings is 1. The number of hydrogen-bond acceptors (Lipinski definition) is 5. The van der Waals surface area contributed by atoms with Crippen LogP contribution in [0.1, 0.15) is 13.3 Å². The summed E-state index contributed by atoms with van der Waals surface area (Å²) in [5.74, 6) is 1.23. The van der Waals surface area contributed by atoms with Crippen molar-refractivity contribution in [1.82, 2.24) is 9.38 Å². The summed E-state index contributed by atoms with van der Waals surface area (Å²) < 4.78 is 13.2. The van der Waals surface area contributed by atoms with Gasteiger partial charge in [-0.1, -0.05) is 24.3 Å². The van der Waals surface area contributed by atoms with Crippen LogP contribution in [0, 0.1) is 0 Å². The molecular weight excluding hydrogens is 386 g/mol. The normalized spacial score (nSPS) is 10.8. The number of nitrogens with zero attached hydrogens (tertiary/aromatic N) is 2. The van der Waals surface area contributed by atoms with Crippen molar-refractivity contribution in [1.29, 1.82) is 0 Å². The maximum atomic E-state index is 12.2. The number of thiazole rings is 1. The van der Waals surface area contributed by atoms with Crippen LogP contribution in [0.2, 0.25) is 0 Å². The first kappa shape index (κ1) is 19.0. The summed E-state index contributed by atoms with van der Waals surface area (Å²) in [7, 11) is 0. The summed E-state index contributed by atoms with van der Waals surface area (Å²) in [5.41, 5.74) is 2.67. The van der Waals surface area contributed by atoms with Crippen LogP contribution in [0.15, 0.2) is 66.3 Å². The van der Waals surface area contributed by atoms with E-state index < -0.39 is 0 Å². The minimum absolute atomic E-state index is 0.103. The fourth-order valence-electron chi connectivity index (χ4n) is 2.91. The van der Waals surface area contributed by atoms with Crippen LogP contribution in [-0.4, -0.2) is 28.5 Å². The number of nitrogens with one attached hydrogen (secondary N) is 1. The predicted octanol–water partition coefficient (Wildman–Crippen LogP) is 4.87. The fraction of sp³-hybridized carbons (Fsp3) is 0.182. The molecule has 1 amide bonds. The Bertz CT molecular complexity index is 1070. The average molecular weight is 407 g/mol. The minimum atomic E-state index is -0.103. The Morgan fingerprint density at radius 1 is 1.10 bits per heavy atom. The summed E-state index contributed by atoms with van der Waals surface area (Å²) in [6.07, 6.45) is 4.23. The van der Waals surface area contributed by atoms with Crippen molar-refractivity contribution in [2.75, 3.05) is 18.5 Å². The third kappa shape index (κ3) is 4.57. The molecule has 7 heteroatoms. The van der Waals surface area contributed by atoms with Crippen LogP contribution in [0.3, 0.4) is 0 Å². The van der Waals surface area contributed by atoms with Gasteiger partial charge in [0.2, 0.25) is 5.91 Å². The molecule has 0 unspecified atom stereocenters. The number of para-hydroxylation sites is 2. The number of anilines is 1. The first-order chi connectivity index (χ1) is 14.2. The van der Waals surface area contributed by atoms with Gasteiger partial charge in [0.1, 0.15) is 0 Å². The molecule has 0 bridgehead atoms. The lowest BCUT2D eigenvalue weighted by Gasteiger charge is -2.11. The number of carbonyl (C=O) groups excluding carboxylic acids is 1. The molecule has 2 heterocycles. The highest BCUT2D eigenvalue weighted by Gasteiger charge is 2.08. The number of hydrogen-bond donors (Lipinski definition) is 1. The molecule has 2 aromatic carbocycles. The van der Waals surface area contributed by atoms with Gasteiger partial charge in [-0.05, 0) is 31.2 Å². The average Bonchev–Trinajstić information content (AvgIpc) is 3.32. The molecule has 29 heavy (non-hydrogen) atoms. The van der Waals surface area contributed by atoms with E-state index in [1.807, 2.05) is 77.6 Å². The van der Waals surface area contributed by atoms with E-state index in [9.17, 15) is 4.79 Å². The molecule has 0 aliphatic heterocycles. The topological polar surface area (TPSA) is 64.9 Å². The Kier molecular flexibility index (Phi) is 5.76. The minimum Gasteiger partial charge on any atom is -0.490 e. The van der Waals surface area contributed by atoms with Gasteiger partial charge in [-0.15, -0.1) is 11.3 Å². The van der Waals surface area contributed by atoms with E-state index >= 15 is 0 Å². The third-order valence-electron chi connectivity index (χ3n) is 4.29. The maximum Gasteiger partial charge on any atom is 0.227 e. The van der Waals surface area contributed by atoms with Gasteiger partial charge in [0.15, 0.2) is 16.5 Å². The Balaban J connectivity index is 1.30. The van der Waals surface area contributed by atoms with E-state index in [4.69, 9.17) is 9.47 Å². The van der Waals surface area contributed by atoms with Crippen LogP contribution in [0.5, 0.6) is 11.5 Å². The number of aromatic nitrogens is 2. The molecule has 4 aromatic rings. The second-order valence-corrected chi connectivity index (χ2v) is 7.20. The fourth-order valence-corrected chi connectivity index (χ4v) is 3.61. The monoisotopic (exact) mass is 407 g/mol. The molecule has 4 rings (SSSR count). The Morgan fingerprint density at radius 3 is 2.59 bits per heavy atom. The van der Waals surface area contributed by atoms with Crippen LogP contribution in [-0.2, 0) is 4.79 Å². The predicted molar refractivity (Wildman–Crippen MR) is 115 cm³/mol. The van der Waals surface area contributed by atoms with Crippen LogP contribution < -0.4 is 14.8 Å². The van der Waals surface area contributed by atoms with E-state index in [2.05, 4.69) is 10.3 Å². The number of carbonyl (C=O) groups is 1. The van der Waals surface area contributed by atoms with Crippen LogP contribution in [0.4, 0.5) is 5.69 Å². The van der Waals surface area contributed by atoms with Gasteiger partial charge in [-0.3, -0.25) is 9.20 Å². The quantitative estimate of drug-likeness (QED) is 0.453. The highest BCUT2D eigenvalue weighted by Crippen LogP contribution is 2.26. The molecule has 6 nitrogen and oxygen atoms in total. The Hall–Kier alpha value is -3.32. The molecular formula is C22H21N3O3S. The molecule has 148 valence electrons. The number of rotatable bonds is 8. The zero-order chi connectivity index (χ0) is 20.1. The summed E-state index contributed by atoms with van der Waals surface area (Å²) in [4.78, 5) is 17.8. The molecule has 0 atom stereocenters. The van der Waals surface area contributed by atoms with Gasteiger partial charge in [0, 0.05) is 29.0 Å². The second-order valence-electron chi connectivity index (χ2n) is 6.32. The highest BCUT2D eigenvalue weighted by molar-refractivity contribution is 7.15. The summed E-state index contributed by atoms with van der Waals surface area (Å²) in [6.45, 7) is 2.76. The van der Waals surface area contributed by atoms with Crippen molar-refractivity contribution in [3.05, 3.63) is 66.3 Å². The largest absolute Gasteiger partial charge is 0.490 e. The highest BCUT2D eigenvalue weighted by atomic mass is 32.1. The van der Waals surface area contributed by atoms with Crippen molar-refractivity contribution < 1.29 is 14.3 Å². The van der Waals surface area contributed by atoms with Gasteiger partial charge in [0.25, 0.3) is 0 Å². The van der Waals surface area contributed by atoms with Crippen molar-refractivity contribution >= 4 is 27.9 Å². The number of benzene rings is 2. The van der Waals surface area contributed by atoms with Crippen molar-refractivity contribution in [2.24, 2.45) is 0 Å². The lowest BCUT2D eigenvalue weighted by Crippen LogP contribution is -2.15. The molecule has 2 aromatic heterocycles. The Labute approximate surface area is 172 Å².